The molecule has 19 heavy (non-hydrogen) atoms. The van der Waals surface area contributed by atoms with Crippen LogP contribution in [-0.2, 0) is 4.74 Å². The van der Waals surface area contributed by atoms with E-state index in [1.165, 1.54) is 0 Å². The zero-order valence-electron chi connectivity index (χ0n) is 12.5. The lowest BCUT2D eigenvalue weighted by Crippen LogP contribution is -2.28. The van der Waals surface area contributed by atoms with E-state index < -0.39 is 17.4 Å². The smallest absolute Gasteiger partial charge is 0.342 e. The minimum atomic E-state index is -0.619. The third-order valence-electron chi connectivity index (χ3n) is 3.27. The van der Waals surface area contributed by atoms with E-state index in [4.69, 9.17) is 4.74 Å². The van der Waals surface area contributed by atoms with Crippen LogP contribution in [0.1, 0.15) is 68.6 Å². The zero-order chi connectivity index (χ0) is 14.8. The largest absolute Gasteiger partial charge is 0.456 e. The molecule has 0 aromatic carbocycles. The summed E-state index contributed by atoms with van der Waals surface area (Å²) >= 11 is 0. The average Bonchev–Trinajstić information content (AvgIpc) is 2.30. The molecule has 0 radical (unpaired) electrons. The monoisotopic (exact) mass is 267 g/mol. The van der Waals surface area contributed by atoms with E-state index in [-0.39, 0.29) is 11.5 Å². The van der Waals surface area contributed by atoms with Crippen LogP contribution in [0.4, 0.5) is 4.39 Å². The highest BCUT2D eigenvalue weighted by molar-refractivity contribution is 5.92. The fourth-order valence-electron chi connectivity index (χ4n) is 1.89. The second-order valence-corrected chi connectivity index (χ2v) is 5.64. The number of nitrogens with zero attached hydrogens (tertiary/aromatic N) is 1. The van der Waals surface area contributed by atoms with Crippen LogP contribution in [0, 0.1) is 12.7 Å². The van der Waals surface area contributed by atoms with E-state index in [0.29, 0.717) is 17.7 Å². The first-order chi connectivity index (χ1) is 8.69. The third-order valence-corrected chi connectivity index (χ3v) is 3.27. The molecule has 0 fully saturated rings. The molecule has 0 aliphatic heterocycles. The van der Waals surface area contributed by atoms with Gasteiger partial charge in [-0.05, 0) is 38.7 Å². The van der Waals surface area contributed by atoms with Crippen molar-refractivity contribution in [3.63, 3.8) is 0 Å². The number of hydrogen-bond acceptors (Lipinski definition) is 3. The van der Waals surface area contributed by atoms with Crippen LogP contribution >= 0.6 is 0 Å². The van der Waals surface area contributed by atoms with Crippen LogP contribution in [0.3, 0.4) is 0 Å². The van der Waals surface area contributed by atoms with Crippen molar-refractivity contribution in [2.45, 2.75) is 59.5 Å². The predicted molar refractivity (Wildman–Crippen MR) is 72.8 cm³/mol. The molecule has 1 heterocycles. The van der Waals surface area contributed by atoms with Gasteiger partial charge in [0.15, 0.2) is 5.82 Å². The summed E-state index contributed by atoms with van der Waals surface area (Å²) in [5.41, 5.74) is 0.702. The second-order valence-electron chi connectivity index (χ2n) is 5.64. The fraction of sp³-hybridized carbons (Fsp3) is 0.600. The summed E-state index contributed by atoms with van der Waals surface area (Å²) in [7, 11) is 0. The summed E-state index contributed by atoms with van der Waals surface area (Å²) in [6.07, 6.45) is 1.75. The first kappa shape index (κ1) is 15.6. The van der Waals surface area contributed by atoms with Gasteiger partial charge in [-0.15, -0.1) is 0 Å². The molecule has 0 spiro atoms. The van der Waals surface area contributed by atoms with Gasteiger partial charge in [-0.2, -0.15) is 0 Å². The molecular weight excluding hydrogens is 245 g/mol. The van der Waals surface area contributed by atoms with Crippen molar-refractivity contribution in [2.24, 2.45) is 0 Å². The van der Waals surface area contributed by atoms with Crippen molar-refractivity contribution in [2.75, 3.05) is 0 Å². The summed E-state index contributed by atoms with van der Waals surface area (Å²) in [5.74, 6) is -1.22. The molecule has 1 rings (SSSR count). The lowest BCUT2D eigenvalue weighted by atomic mass is 9.95. The van der Waals surface area contributed by atoms with Gasteiger partial charge in [-0.25, -0.2) is 9.18 Å². The van der Waals surface area contributed by atoms with E-state index in [1.807, 2.05) is 34.6 Å². The standard InChI is InChI=1S/C15H22FNO2/c1-7-15(5,6)19-14(18)13-11(16)8-17-10(4)12(13)9(2)3/h8-9H,7H2,1-6H3. The molecule has 0 saturated heterocycles. The van der Waals surface area contributed by atoms with Gasteiger partial charge in [0.1, 0.15) is 11.2 Å². The molecule has 0 atom stereocenters. The summed E-state index contributed by atoms with van der Waals surface area (Å²) in [6.45, 7) is 11.1. The number of aromatic nitrogens is 1. The van der Waals surface area contributed by atoms with Crippen LogP contribution in [-0.4, -0.2) is 16.6 Å². The Morgan fingerprint density at radius 2 is 2.05 bits per heavy atom. The molecule has 1 aromatic heterocycles. The Bertz CT molecular complexity index is 481. The Hall–Kier alpha value is -1.45. The SMILES string of the molecule is CCC(C)(C)OC(=O)c1c(F)cnc(C)c1C(C)C. The fourth-order valence-corrected chi connectivity index (χ4v) is 1.89. The average molecular weight is 267 g/mol. The minimum absolute atomic E-state index is 0.00971. The maximum Gasteiger partial charge on any atom is 0.342 e. The van der Waals surface area contributed by atoms with Crippen molar-refractivity contribution in [1.82, 2.24) is 4.98 Å². The first-order valence-electron chi connectivity index (χ1n) is 6.58. The van der Waals surface area contributed by atoms with Crippen LogP contribution in [0.15, 0.2) is 6.20 Å². The summed E-state index contributed by atoms with van der Waals surface area (Å²) < 4.78 is 19.3. The van der Waals surface area contributed by atoms with E-state index in [0.717, 1.165) is 6.20 Å². The second kappa shape index (κ2) is 5.68. The summed E-state index contributed by atoms with van der Waals surface area (Å²) in [5, 5.41) is 0. The van der Waals surface area contributed by atoms with Gasteiger partial charge in [0.05, 0.1) is 6.20 Å². The molecule has 4 heteroatoms. The molecule has 0 unspecified atom stereocenters. The van der Waals surface area contributed by atoms with Gasteiger partial charge in [0.25, 0.3) is 0 Å². The summed E-state index contributed by atoms with van der Waals surface area (Å²) in [6, 6.07) is 0. The number of ether oxygens (including phenoxy) is 1. The number of rotatable bonds is 4. The highest BCUT2D eigenvalue weighted by atomic mass is 19.1. The Morgan fingerprint density at radius 3 is 2.53 bits per heavy atom. The van der Waals surface area contributed by atoms with Gasteiger partial charge in [0.2, 0.25) is 0 Å². The van der Waals surface area contributed by atoms with Gasteiger partial charge in [-0.3, -0.25) is 4.98 Å². The molecule has 0 N–H and O–H groups in total. The molecule has 106 valence electrons. The number of carbonyl (C=O) groups is 1. The molecular formula is C15H22FNO2. The van der Waals surface area contributed by atoms with E-state index in [1.54, 1.807) is 6.92 Å². The zero-order valence-corrected chi connectivity index (χ0v) is 12.5. The number of pyridine rings is 1. The number of halogens is 1. The molecule has 0 amide bonds. The highest BCUT2D eigenvalue weighted by Crippen LogP contribution is 2.27. The summed E-state index contributed by atoms with van der Waals surface area (Å²) in [4.78, 5) is 16.2. The van der Waals surface area contributed by atoms with Crippen LogP contribution in [0.2, 0.25) is 0 Å². The van der Waals surface area contributed by atoms with E-state index in [2.05, 4.69) is 4.98 Å². The molecule has 0 bridgehead atoms. The van der Waals surface area contributed by atoms with Crippen LogP contribution in [0.25, 0.3) is 0 Å². The van der Waals surface area contributed by atoms with Gasteiger partial charge < -0.3 is 4.74 Å². The lowest BCUT2D eigenvalue weighted by Gasteiger charge is -2.25. The van der Waals surface area contributed by atoms with Crippen LogP contribution in [0.5, 0.6) is 0 Å². The third kappa shape index (κ3) is 3.52. The Labute approximate surface area is 114 Å². The lowest BCUT2D eigenvalue weighted by molar-refractivity contribution is -0.00309. The number of hydrogen-bond donors (Lipinski definition) is 0. The predicted octanol–water partition coefficient (Wildman–Crippen LogP) is 4.00. The van der Waals surface area contributed by atoms with Gasteiger partial charge in [-0.1, -0.05) is 20.8 Å². The molecule has 0 saturated carbocycles. The Kier molecular flexibility index (Phi) is 4.66. The Balaban J connectivity index is 3.26. The minimum Gasteiger partial charge on any atom is -0.456 e. The van der Waals surface area contributed by atoms with E-state index >= 15 is 0 Å². The molecule has 0 aliphatic carbocycles. The molecule has 3 nitrogen and oxygen atoms in total. The van der Waals surface area contributed by atoms with Crippen molar-refractivity contribution in [3.05, 3.63) is 28.8 Å². The maximum atomic E-state index is 14.0. The Morgan fingerprint density at radius 1 is 1.47 bits per heavy atom. The number of carbonyl (C=O) groups excluding carboxylic acids is 1. The molecule has 0 aliphatic rings. The van der Waals surface area contributed by atoms with Crippen molar-refractivity contribution >= 4 is 5.97 Å². The van der Waals surface area contributed by atoms with Crippen molar-refractivity contribution in [3.8, 4) is 0 Å². The topological polar surface area (TPSA) is 39.2 Å². The normalized spacial score (nSPS) is 11.8. The van der Waals surface area contributed by atoms with Gasteiger partial charge in [0, 0.05) is 5.69 Å². The highest BCUT2D eigenvalue weighted by Gasteiger charge is 2.27. The van der Waals surface area contributed by atoms with Crippen molar-refractivity contribution < 1.29 is 13.9 Å². The number of aryl methyl sites for hydroxylation is 1. The maximum absolute atomic E-state index is 14.0. The first-order valence-corrected chi connectivity index (χ1v) is 6.58. The van der Waals surface area contributed by atoms with E-state index in [9.17, 15) is 9.18 Å². The quantitative estimate of drug-likeness (QED) is 0.774. The van der Waals surface area contributed by atoms with Crippen LogP contribution < -0.4 is 0 Å². The molecule has 1 aromatic rings. The number of esters is 1. The van der Waals surface area contributed by atoms with Gasteiger partial charge >= 0.3 is 5.97 Å². The van der Waals surface area contributed by atoms with Crippen molar-refractivity contribution in [1.29, 1.82) is 0 Å².